The molecule has 4 rings (SSSR count). The molecule has 1 unspecified atom stereocenters. The van der Waals surface area contributed by atoms with Gasteiger partial charge in [-0.1, -0.05) is 12.1 Å². The molecule has 3 aromatic rings. The first kappa shape index (κ1) is 23.3. The quantitative estimate of drug-likeness (QED) is 0.550. The number of halogens is 3. The van der Waals surface area contributed by atoms with Gasteiger partial charge in [0, 0.05) is 24.7 Å². The molecule has 1 aliphatic rings. The minimum absolute atomic E-state index is 0.0224. The third-order valence-corrected chi connectivity index (χ3v) is 5.53. The fourth-order valence-corrected chi connectivity index (χ4v) is 3.86. The summed E-state index contributed by atoms with van der Waals surface area (Å²) in [6.07, 6.45) is -2.03. The van der Waals surface area contributed by atoms with Gasteiger partial charge in [-0.3, -0.25) is 4.79 Å². The Morgan fingerprint density at radius 3 is 2.62 bits per heavy atom. The van der Waals surface area contributed by atoms with Crippen LogP contribution in [0.1, 0.15) is 12.8 Å². The number of methoxy groups -OCH3 is 1. The van der Waals surface area contributed by atoms with E-state index in [4.69, 9.17) is 4.74 Å². The van der Waals surface area contributed by atoms with E-state index in [0.717, 1.165) is 29.5 Å². The highest BCUT2D eigenvalue weighted by Crippen LogP contribution is 2.31. The van der Waals surface area contributed by atoms with Crippen molar-refractivity contribution >= 4 is 17.4 Å². The number of para-hydroxylation sites is 2. The van der Waals surface area contributed by atoms with Crippen LogP contribution in [0.2, 0.25) is 0 Å². The van der Waals surface area contributed by atoms with E-state index in [1.165, 1.54) is 24.5 Å². The summed E-state index contributed by atoms with van der Waals surface area (Å²) in [6, 6.07) is 14.8. The van der Waals surface area contributed by atoms with Crippen LogP contribution < -0.4 is 19.7 Å². The molecule has 2 heterocycles. The molecule has 7 nitrogen and oxygen atoms in total. The van der Waals surface area contributed by atoms with Crippen molar-refractivity contribution in [3.63, 3.8) is 0 Å². The van der Waals surface area contributed by atoms with Gasteiger partial charge in [0.05, 0.1) is 24.4 Å². The van der Waals surface area contributed by atoms with Crippen LogP contribution in [0.5, 0.6) is 11.5 Å². The summed E-state index contributed by atoms with van der Waals surface area (Å²) < 4.78 is 47.3. The van der Waals surface area contributed by atoms with Crippen LogP contribution in [0.25, 0.3) is 11.3 Å². The lowest BCUT2D eigenvalue weighted by atomic mass is 9.97. The van der Waals surface area contributed by atoms with Crippen molar-refractivity contribution in [3.8, 4) is 22.8 Å². The smallest absolute Gasteiger partial charge is 0.497 e. The van der Waals surface area contributed by atoms with Crippen LogP contribution in [-0.4, -0.2) is 42.4 Å². The maximum atomic E-state index is 12.9. The molecular weight excluding hydrogens is 449 g/mol. The second kappa shape index (κ2) is 9.98. The van der Waals surface area contributed by atoms with Crippen LogP contribution in [0, 0.1) is 5.92 Å². The molecule has 1 saturated heterocycles. The standard InChI is InChI=1S/C24H23F3N4O3/c1-33-18-10-8-16(9-11-18)20-13-22(29-15-28-20)31-12-4-5-17(14-31)23(32)30-19-6-2-3-7-21(19)34-24(25,26)27/h2-3,6-11,13,15,17H,4-5,12,14H2,1H3,(H,30,32). The molecular formula is C24H23F3N4O3. The molecule has 1 aliphatic heterocycles. The predicted molar refractivity (Wildman–Crippen MR) is 121 cm³/mol. The predicted octanol–water partition coefficient (Wildman–Crippen LogP) is 4.91. The summed E-state index contributed by atoms with van der Waals surface area (Å²) >= 11 is 0. The minimum atomic E-state index is -4.85. The Bertz CT molecular complexity index is 1140. The molecule has 0 bridgehead atoms. The summed E-state index contributed by atoms with van der Waals surface area (Å²) in [5.41, 5.74) is 1.61. The largest absolute Gasteiger partial charge is 0.573 e. The van der Waals surface area contributed by atoms with E-state index in [-0.39, 0.29) is 11.6 Å². The number of carbonyl (C=O) groups excluding carboxylic acids is 1. The summed E-state index contributed by atoms with van der Waals surface area (Å²) in [5.74, 6) is 0.180. The fraction of sp³-hybridized carbons (Fsp3) is 0.292. The average molecular weight is 472 g/mol. The summed E-state index contributed by atoms with van der Waals surface area (Å²) in [7, 11) is 1.60. The van der Waals surface area contributed by atoms with Gasteiger partial charge in [-0.25, -0.2) is 9.97 Å². The van der Waals surface area contributed by atoms with Crippen LogP contribution in [-0.2, 0) is 4.79 Å². The molecule has 0 saturated carbocycles. The van der Waals surface area contributed by atoms with Gasteiger partial charge < -0.3 is 19.7 Å². The second-order valence-corrected chi connectivity index (χ2v) is 7.81. The van der Waals surface area contributed by atoms with Crippen molar-refractivity contribution in [1.82, 2.24) is 9.97 Å². The third kappa shape index (κ3) is 5.75. The first-order chi connectivity index (χ1) is 16.3. The van der Waals surface area contributed by atoms with E-state index in [1.807, 2.05) is 35.2 Å². The summed E-state index contributed by atoms with van der Waals surface area (Å²) in [5, 5.41) is 2.59. The number of nitrogens with zero attached hydrogens (tertiary/aromatic N) is 3. The normalized spacial score (nSPS) is 16.1. The van der Waals surface area contributed by atoms with E-state index < -0.39 is 18.0 Å². The van der Waals surface area contributed by atoms with Gasteiger partial charge in [0.15, 0.2) is 5.75 Å². The molecule has 34 heavy (non-hydrogen) atoms. The molecule has 0 spiro atoms. The molecule has 2 aromatic carbocycles. The van der Waals surface area contributed by atoms with Gasteiger partial charge in [0.1, 0.15) is 17.9 Å². The van der Waals surface area contributed by atoms with E-state index >= 15 is 0 Å². The van der Waals surface area contributed by atoms with E-state index in [9.17, 15) is 18.0 Å². The lowest BCUT2D eigenvalue weighted by Gasteiger charge is -2.33. The Labute approximate surface area is 194 Å². The van der Waals surface area contributed by atoms with Crippen molar-refractivity contribution in [2.75, 3.05) is 30.4 Å². The lowest BCUT2D eigenvalue weighted by Crippen LogP contribution is -2.41. The van der Waals surface area contributed by atoms with Crippen molar-refractivity contribution in [2.24, 2.45) is 5.92 Å². The second-order valence-electron chi connectivity index (χ2n) is 7.81. The first-order valence-electron chi connectivity index (χ1n) is 10.7. The summed E-state index contributed by atoms with van der Waals surface area (Å²) in [4.78, 5) is 23.6. The highest BCUT2D eigenvalue weighted by atomic mass is 19.4. The zero-order valence-corrected chi connectivity index (χ0v) is 18.4. The molecule has 1 N–H and O–H groups in total. The molecule has 0 radical (unpaired) electrons. The zero-order valence-electron chi connectivity index (χ0n) is 18.4. The van der Waals surface area contributed by atoms with Crippen LogP contribution >= 0.6 is 0 Å². The third-order valence-electron chi connectivity index (χ3n) is 5.53. The Hall–Kier alpha value is -3.82. The molecule has 1 amide bonds. The van der Waals surface area contributed by atoms with Crippen molar-refractivity contribution in [3.05, 3.63) is 60.9 Å². The van der Waals surface area contributed by atoms with Crippen molar-refractivity contribution in [2.45, 2.75) is 19.2 Å². The van der Waals surface area contributed by atoms with E-state index in [1.54, 1.807) is 7.11 Å². The number of amides is 1. The van der Waals surface area contributed by atoms with Crippen LogP contribution in [0.4, 0.5) is 24.7 Å². The van der Waals surface area contributed by atoms with Gasteiger partial charge >= 0.3 is 6.36 Å². The monoisotopic (exact) mass is 472 g/mol. The number of nitrogens with one attached hydrogen (secondary N) is 1. The van der Waals surface area contributed by atoms with Gasteiger partial charge in [0.25, 0.3) is 0 Å². The Morgan fingerprint density at radius 2 is 1.88 bits per heavy atom. The number of rotatable bonds is 6. The van der Waals surface area contributed by atoms with Crippen molar-refractivity contribution in [1.29, 1.82) is 0 Å². The Kier molecular flexibility index (Phi) is 6.85. The molecule has 0 aliphatic carbocycles. The Morgan fingerprint density at radius 1 is 1.12 bits per heavy atom. The van der Waals surface area contributed by atoms with Gasteiger partial charge in [-0.2, -0.15) is 0 Å². The van der Waals surface area contributed by atoms with E-state index in [0.29, 0.717) is 25.3 Å². The zero-order chi connectivity index (χ0) is 24.1. The fourth-order valence-electron chi connectivity index (χ4n) is 3.86. The van der Waals surface area contributed by atoms with E-state index in [2.05, 4.69) is 20.0 Å². The lowest BCUT2D eigenvalue weighted by molar-refractivity contribution is -0.274. The number of piperidine rings is 1. The molecule has 10 heteroatoms. The summed E-state index contributed by atoms with van der Waals surface area (Å²) in [6.45, 7) is 1.09. The molecule has 1 aromatic heterocycles. The highest BCUT2D eigenvalue weighted by Gasteiger charge is 2.33. The first-order valence-corrected chi connectivity index (χ1v) is 10.7. The number of alkyl halides is 3. The van der Waals surface area contributed by atoms with Crippen molar-refractivity contribution < 1.29 is 27.4 Å². The average Bonchev–Trinajstić information content (AvgIpc) is 2.84. The molecule has 1 atom stereocenters. The number of aromatic nitrogens is 2. The van der Waals surface area contributed by atoms with Gasteiger partial charge in [0.2, 0.25) is 5.91 Å². The number of carbonyl (C=O) groups is 1. The van der Waals surface area contributed by atoms with Gasteiger partial charge in [-0.05, 0) is 49.2 Å². The van der Waals surface area contributed by atoms with Crippen LogP contribution in [0.3, 0.4) is 0 Å². The number of ether oxygens (including phenoxy) is 2. The number of hydrogen-bond acceptors (Lipinski definition) is 6. The highest BCUT2D eigenvalue weighted by molar-refractivity contribution is 5.94. The van der Waals surface area contributed by atoms with Crippen LogP contribution in [0.15, 0.2) is 60.9 Å². The maximum Gasteiger partial charge on any atom is 0.573 e. The number of benzene rings is 2. The Balaban J connectivity index is 1.46. The number of anilines is 2. The minimum Gasteiger partial charge on any atom is -0.497 e. The molecule has 178 valence electrons. The SMILES string of the molecule is COc1ccc(-c2cc(N3CCCC(C(=O)Nc4ccccc4OC(F)(F)F)C3)ncn2)cc1. The van der Waals surface area contributed by atoms with Gasteiger partial charge in [-0.15, -0.1) is 13.2 Å². The topological polar surface area (TPSA) is 76.6 Å². The number of hydrogen-bond donors (Lipinski definition) is 1. The molecule has 1 fully saturated rings. The maximum absolute atomic E-state index is 12.9.